The highest BCUT2D eigenvalue weighted by molar-refractivity contribution is 7.98. The molecule has 0 N–H and O–H groups in total. The Kier molecular flexibility index (Phi) is 8.83. The van der Waals surface area contributed by atoms with Crippen LogP contribution < -0.4 is 4.74 Å². The van der Waals surface area contributed by atoms with Crippen LogP contribution in [0.2, 0.25) is 25.7 Å². The molecule has 0 aliphatic rings. The number of para-hydroxylation sites is 1. The van der Waals surface area contributed by atoms with E-state index in [9.17, 15) is 4.79 Å². The van der Waals surface area contributed by atoms with Gasteiger partial charge in [0.25, 0.3) is 0 Å². The van der Waals surface area contributed by atoms with Crippen LogP contribution >= 0.6 is 11.8 Å². The topological polar surface area (TPSA) is 35.5 Å². The van der Waals surface area contributed by atoms with Crippen LogP contribution in [0.25, 0.3) is 0 Å². The van der Waals surface area contributed by atoms with Crippen LogP contribution in [0, 0.1) is 0 Å². The first-order valence-corrected chi connectivity index (χ1v) is 12.9. The molecule has 0 aliphatic heterocycles. The Hall–Kier alpha value is -0.783. The Labute approximate surface area is 139 Å². The maximum Gasteiger partial charge on any atom is 0.189 e. The number of thioether (sulfide) groups is 1. The van der Waals surface area contributed by atoms with Crippen molar-refractivity contribution in [3.05, 3.63) is 29.8 Å². The first kappa shape index (κ1) is 19.3. The molecule has 0 heterocycles. The van der Waals surface area contributed by atoms with Crippen molar-refractivity contribution in [2.75, 3.05) is 25.4 Å². The Morgan fingerprint density at radius 3 is 2.64 bits per heavy atom. The van der Waals surface area contributed by atoms with Gasteiger partial charge >= 0.3 is 0 Å². The molecule has 0 atom stereocenters. The molecule has 0 fully saturated rings. The van der Waals surface area contributed by atoms with Crippen LogP contribution in [-0.4, -0.2) is 39.3 Å². The molecule has 0 bridgehead atoms. The van der Waals surface area contributed by atoms with Gasteiger partial charge in [-0.25, -0.2) is 0 Å². The Morgan fingerprint density at radius 2 is 1.95 bits per heavy atom. The lowest BCUT2D eigenvalue weighted by atomic mass is 10.1. The quantitative estimate of drug-likeness (QED) is 0.253. The Morgan fingerprint density at radius 1 is 1.23 bits per heavy atom. The number of benzene rings is 1. The average Bonchev–Trinajstić information content (AvgIpc) is 2.46. The summed E-state index contributed by atoms with van der Waals surface area (Å²) in [5.41, 5.74) is 0.664. The van der Waals surface area contributed by atoms with Crippen LogP contribution in [0.15, 0.2) is 24.3 Å². The van der Waals surface area contributed by atoms with Gasteiger partial charge in [0, 0.05) is 21.1 Å². The summed E-state index contributed by atoms with van der Waals surface area (Å²) in [7, 11) is -1.07. The van der Waals surface area contributed by atoms with Crippen molar-refractivity contribution in [2.45, 2.75) is 38.5 Å². The van der Waals surface area contributed by atoms with E-state index in [0.717, 1.165) is 24.8 Å². The lowest BCUT2D eigenvalue weighted by Crippen LogP contribution is -2.22. The maximum absolute atomic E-state index is 12.2. The fourth-order valence-electron chi connectivity index (χ4n) is 1.88. The third-order valence-electron chi connectivity index (χ3n) is 3.23. The molecule has 0 spiro atoms. The zero-order valence-electron chi connectivity index (χ0n) is 14.2. The van der Waals surface area contributed by atoms with Gasteiger partial charge in [0.15, 0.2) is 12.6 Å². The van der Waals surface area contributed by atoms with E-state index in [0.29, 0.717) is 17.7 Å². The first-order valence-electron chi connectivity index (χ1n) is 7.76. The van der Waals surface area contributed by atoms with Gasteiger partial charge in [-0.15, -0.1) is 0 Å². The van der Waals surface area contributed by atoms with E-state index >= 15 is 0 Å². The van der Waals surface area contributed by atoms with Crippen molar-refractivity contribution in [1.29, 1.82) is 0 Å². The minimum atomic E-state index is -1.07. The summed E-state index contributed by atoms with van der Waals surface area (Å²) in [6, 6.07) is 8.55. The van der Waals surface area contributed by atoms with Gasteiger partial charge in [0.05, 0.1) is 5.56 Å². The van der Waals surface area contributed by atoms with E-state index in [1.54, 1.807) is 11.8 Å². The number of hydrogen-bond donors (Lipinski definition) is 0. The van der Waals surface area contributed by atoms with Gasteiger partial charge in [-0.1, -0.05) is 31.8 Å². The van der Waals surface area contributed by atoms with Gasteiger partial charge < -0.3 is 9.47 Å². The second-order valence-corrected chi connectivity index (χ2v) is 13.1. The summed E-state index contributed by atoms with van der Waals surface area (Å²) in [5, 5.41) is 0. The number of ketones is 1. The van der Waals surface area contributed by atoms with Crippen molar-refractivity contribution in [1.82, 2.24) is 0 Å². The minimum Gasteiger partial charge on any atom is -0.467 e. The number of rotatable bonds is 11. The zero-order chi connectivity index (χ0) is 16.4. The standard InChI is InChI=1S/C17H28O3SSi/c1-21-12-7-9-16(18)15-8-5-6-10-17(15)20-14-19-11-13-22(2,3)4/h5-6,8,10H,7,9,11-14H2,1-4H3. The number of carbonyl (C=O) groups excluding carboxylic acids is 1. The predicted octanol–water partition coefficient (Wildman–Crippen LogP) is 4.70. The third-order valence-corrected chi connectivity index (χ3v) is 5.63. The second-order valence-electron chi connectivity index (χ2n) is 6.50. The van der Waals surface area contributed by atoms with Gasteiger partial charge in [-0.2, -0.15) is 11.8 Å². The van der Waals surface area contributed by atoms with E-state index in [4.69, 9.17) is 9.47 Å². The van der Waals surface area contributed by atoms with Gasteiger partial charge in [0.1, 0.15) is 5.75 Å². The molecular weight excluding hydrogens is 312 g/mol. The molecule has 5 heteroatoms. The molecule has 0 saturated heterocycles. The van der Waals surface area contributed by atoms with E-state index in [1.165, 1.54) is 0 Å². The van der Waals surface area contributed by atoms with E-state index in [-0.39, 0.29) is 12.6 Å². The Balaban J connectivity index is 2.44. The van der Waals surface area contributed by atoms with Crippen molar-refractivity contribution < 1.29 is 14.3 Å². The molecule has 1 rings (SSSR count). The second kappa shape index (κ2) is 10.1. The SMILES string of the molecule is CSCCCC(=O)c1ccccc1OCOCC[Si](C)(C)C. The molecule has 124 valence electrons. The van der Waals surface area contributed by atoms with Crippen LogP contribution in [0.5, 0.6) is 5.75 Å². The summed E-state index contributed by atoms with van der Waals surface area (Å²) in [5.74, 6) is 1.78. The summed E-state index contributed by atoms with van der Waals surface area (Å²) in [6.07, 6.45) is 3.53. The lowest BCUT2D eigenvalue weighted by molar-refractivity contribution is 0.0215. The summed E-state index contributed by atoms with van der Waals surface area (Å²) >= 11 is 1.76. The highest BCUT2D eigenvalue weighted by atomic mass is 32.2. The van der Waals surface area contributed by atoms with E-state index in [1.807, 2.05) is 24.3 Å². The highest BCUT2D eigenvalue weighted by Gasteiger charge is 2.13. The summed E-state index contributed by atoms with van der Waals surface area (Å²) in [6.45, 7) is 7.89. The van der Waals surface area contributed by atoms with Crippen molar-refractivity contribution in [3.63, 3.8) is 0 Å². The predicted molar refractivity (Wildman–Crippen MR) is 98.0 cm³/mol. The first-order chi connectivity index (χ1) is 10.4. The highest BCUT2D eigenvalue weighted by Crippen LogP contribution is 2.20. The number of hydrogen-bond acceptors (Lipinski definition) is 4. The molecule has 0 amide bonds. The number of Topliss-reactive ketones (excluding diaryl/α,β-unsaturated/α-hetero) is 1. The van der Waals surface area contributed by atoms with E-state index in [2.05, 4.69) is 25.9 Å². The van der Waals surface area contributed by atoms with Crippen LogP contribution in [0.1, 0.15) is 23.2 Å². The van der Waals surface area contributed by atoms with Crippen LogP contribution in [-0.2, 0) is 4.74 Å². The number of ether oxygens (including phenoxy) is 2. The fourth-order valence-corrected chi connectivity index (χ4v) is 3.07. The van der Waals surface area contributed by atoms with Crippen molar-refractivity contribution in [2.24, 2.45) is 0 Å². The largest absolute Gasteiger partial charge is 0.467 e. The fraction of sp³-hybridized carbons (Fsp3) is 0.588. The van der Waals surface area contributed by atoms with Gasteiger partial charge in [-0.3, -0.25) is 4.79 Å². The maximum atomic E-state index is 12.2. The molecule has 0 aliphatic carbocycles. The summed E-state index contributed by atoms with van der Waals surface area (Å²) < 4.78 is 11.2. The minimum absolute atomic E-state index is 0.145. The number of carbonyl (C=O) groups is 1. The monoisotopic (exact) mass is 340 g/mol. The van der Waals surface area contributed by atoms with Gasteiger partial charge in [0.2, 0.25) is 0 Å². The molecule has 1 aromatic rings. The molecule has 1 aromatic carbocycles. The lowest BCUT2D eigenvalue weighted by Gasteiger charge is -2.16. The normalized spacial score (nSPS) is 11.5. The summed E-state index contributed by atoms with van der Waals surface area (Å²) in [4.78, 5) is 12.2. The average molecular weight is 341 g/mol. The van der Waals surface area contributed by atoms with Crippen LogP contribution in [0.3, 0.4) is 0 Å². The van der Waals surface area contributed by atoms with Crippen molar-refractivity contribution >= 4 is 25.6 Å². The molecule has 22 heavy (non-hydrogen) atoms. The van der Waals surface area contributed by atoms with Crippen molar-refractivity contribution in [3.8, 4) is 5.75 Å². The Bertz CT molecular complexity index is 457. The molecule has 0 unspecified atom stereocenters. The van der Waals surface area contributed by atoms with E-state index < -0.39 is 8.07 Å². The van der Waals surface area contributed by atoms with Crippen LogP contribution in [0.4, 0.5) is 0 Å². The molecule has 0 radical (unpaired) electrons. The smallest absolute Gasteiger partial charge is 0.189 e. The molecule has 3 nitrogen and oxygen atoms in total. The van der Waals surface area contributed by atoms with Gasteiger partial charge in [-0.05, 0) is 36.6 Å². The third kappa shape index (κ3) is 8.01. The molecule has 0 saturated carbocycles. The molecule has 0 aromatic heterocycles. The molecular formula is C17H28O3SSi. The zero-order valence-corrected chi connectivity index (χ0v) is 16.0.